The van der Waals surface area contributed by atoms with Crippen LogP contribution in [0.25, 0.3) is 0 Å². The largest absolute Gasteiger partial charge is 0.504 e. The summed E-state index contributed by atoms with van der Waals surface area (Å²) in [6, 6.07) is 10.8. The number of benzene rings is 3. The molecule has 0 unspecified atom stereocenters. The highest BCUT2D eigenvalue weighted by atomic mass is 16.7. The van der Waals surface area contributed by atoms with Crippen molar-refractivity contribution >= 4 is 17.9 Å². The highest BCUT2D eigenvalue weighted by Gasteiger charge is 2.51. The summed E-state index contributed by atoms with van der Waals surface area (Å²) >= 11 is 0. The summed E-state index contributed by atoms with van der Waals surface area (Å²) in [5, 5.41) is 88.7. The summed E-state index contributed by atoms with van der Waals surface area (Å²) in [5.41, 5.74) is 0.848. The van der Waals surface area contributed by atoms with Crippen LogP contribution in [0, 0.1) is 0 Å². The fraction of sp³-hybridized carbons (Fsp3) is 0.343. The molecule has 9 N–H and O–H groups in total. The predicted octanol–water partition coefficient (Wildman–Crippen LogP) is 0.328. The molecule has 1 aliphatic heterocycles. The van der Waals surface area contributed by atoms with Gasteiger partial charge < -0.3 is 69.6 Å². The van der Waals surface area contributed by atoms with Gasteiger partial charge in [-0.3, -0.25) is 14.4 Å². The average molecular weight is 731 g/mol. The van der Waals surface area contributed by atoms with Crippen molar-refractivity contribution in [2.75, 3.05) is 26.4 Å². The predicted molar refractivity (Wildman–Crippen MR) is 174 cm³/mol. The van der Waals surface area contributed by atoms with E-state index in [0.29, 0.717) is 0 Å². The molecule has 17 nitrogen and oxygen atoms in total. The van der Waals surface area contributed by atoms with Crippen molar-refractivity contribution in [3.63, 3.8) is 0 Å². The number of carbonyl (C=O) groups is 3. The van der Waals surface area contributed by atoms with Crippen molar-refractivity contribution in [1.82, 2.24) is 0 Å². The zero-order valence-corrected chi connectivity index (χ0v) is 27.4. The van der Waals surface area contributed by atoms with E-state index < -0.39 is 122 Å². The Bertz CT molecular complexity index is 1760. The van der Waals surface area contributed by atoms with Gasteiger partial charge in [0, 0.05) is 0 Å². The van der Waals surface area contributed by atoms with Crippen LogP contribution in [0.15, 0.2) is 66.2 Å². The second-order valence-corrected chi connectivity index (χ2v) is 11.6. The first kappa shape index (κ1) is 39.2. The van der Waals surface area contributed by atoms with E-state index in [1.165, 1.54) is 30.3 Å². The minimum Gasteiger partial charge on any atom is -0.504 e. The number of phenolic OH excluding ortho intramolecular Hbond substituents is 6. The van der Waals surface area contributed by atoms with Crippen LogP contribution < -0.4 is 0 Å². The number of aliphatic hydroxyl groups is 3. The minimum atomic E-state index is -1.84. The van der Waals surface area contributed by atoms with E-state index in [4.69, 9.17) is 23.7 Å². The third kappa shape index (κ3) is 10.7. The first-order valence-electron chi connectivity index (χ1n) is 15.7. The van der Waals surface area contributed by atoms with Crippen molar-refractivity contribution in [1.29, 1.82) is 0 Å². The van der Waals surface area contributed by atoms with Gasteiger partial charge in [0.1, 0.15) is 18.8 Å². The quantitative estimate of drug-likeness (QED) is 0.0441. The van der Waals surface area contributed by atoms with Gasteiger partial charge in [-0.2, -0.15) is 0 Å². The van der Waals surface area contributed by atoms with E-state index in [0.717, 1.165) is 30.3 Å². The molecule has 5 atom stereocenters. The zero-order chi connectivity index (χ0) is 37.9. The Morgan fingerprint density at radius 1 is 0.654 bits per heavy atom. The van der Waals surface area contributed by atoms with Gasteiger partial charge in [-0.1, -0.05) is 24.3 Å². The number of carbonyl (C=O) groups excluding carboxylic acids is 3. The van der Waals surface area contributed by atoms with Gasteiger partial charge in [-0.05, 0) is 58.7 Å². The monoisotopic (exact) mass is 730 g/mol. The van der Waals surface area contributed by atoms with Crippen LogP contribution in [-0.2, 0) is 57.3 Å². The molecule has 280 valence electrons. The summed E-state index contributed by atoms with van der Waals surface area (Å²) < 4.78 is 28.2. The van der Waals surface area contributed by atoms with Crippen LogP contribution in [0.2, 0.25) is 0 Å². The summed E-state index contributed by atoms with van der Waals surface area (Å²) in [6.45, 7) is -2.10. The second kappa shape index (κ2) is 18.1. The van der Waals surface area contributed by atoms with Gasteiger partial charge in [-0.15, -0.1) is 0 Å². The number of aliphatic hydroxyl groups excluding tert-OH is 3. The second-order valence-electron chi connectivity index (χ2n) is 11.6. The number of ether oxygens (including phenoxy) is 5. The lowest BCUT2D eigenvalue weighted by Gasteiger charge is -2.43. The third-order valence-corrected chi connectivity index (χ3v) is 7.74. The van der Waals surface area contributed by atoms with Crippen molar-refractivity contribution in [2.24, 2.45) is 0 Å². The van der Waals surface area contributed by atoms with E-state index in [9.17, 15) is 60.3 Å². The summed E-state index contributed by atoms with van der Waals surface area (Å²) in [5.74, 6) is -5.62. The van der Waals surface area contributed by atoms with Crippen LogP contribution in [0.5, 0.6) is 34.5 Å². The fourth-order valence-corrected chi connectivity index (χ4v) is 5.06. The molecule has 1 aliphatic rings. The lowest BCUT2D eigenvalue weighted by Crippen LogP contribution is -2.62. The highest BCUT2D eigenvalue weighted by molar-refractivity contribution is 5.75. The van der Waals surface area contributed by atoms with E-state index in [2.05, 4.69) is 0 Å². The fourth-order valence-electron chi connectivity index (χ4n) is 5.06. The Hall–Kier alpha value is -5.59. The molecule has 3 aromatic rings. The highest BCUT2D eigenvalue weighted by Crippen LogP contribution is 2.31. The molecule has 0 aromatic heterocycles. The maximum absolute atomic E-state index is 13.2. The molecule has 1 fully saturated rings. The van der Waals surface area contributed by atoms with Gasteiger partial charge in [0.05, 0.1) is 39.1 Å². The van der Waals surface area contributed by atoms with Crippen molar-refractivity contribution < 1.29 is 84.0 Å². The van der Waals surface area contributed by atoms with Crippen molar-refractivity contribution in [3.8, 4) is 34.5 Å². The molecule has 3 aromatic carbocycles. The average Bonchev–Trinajstić information content (AvgIpc) is 3.09. The Labute approximate surface area is 295 Å². The van der Waals surface area contributed by atoms with Crippen LogP contribution in [0.1, 0.15) is 16.7 Å². The number of hydrogen-bond acceptors (Lipinski definition) is 17. The number of esters is 3. The van der Waals surface area contributed by atoms with Crippen LogP contribution in [0.4, 0.5) is 0 Å². The number of rotatable bonds is 15. The molecular weight excluding hydrogens is 692 g/mol. The van der Waals surface area contributed by atoms with Crippen LogP contribution in [-0.4, -0.2) is 121 Å². The molecule has 0 radical (unpaired) electrons. The topological polar surface area (TPSA) is 279 Å². The molecule has 17 heteroatoms. The molecule has 0 saturated carbocycles. The number of aromatic hydroxyl groups is 6. The zero-order valence-electron chi connectivity index (χ0n) is 27.4. The Kier molecular flexibility index (Phi) is 13.6. The molecule has 0 amide bonds. The van der Waals surface area contributed by atoms with E-state index in [1.54, 1.807) is 0 Å². The van der Waals surface area contributed by atoms with Gasteiger partial charge in [0.25, 0.3) is 0 Å². The Morgan fingerprint density at radius 3 is 1.56 bits per heavy atom. The van der Waals surface area contributed by atoms with Gasteiger partial charge in [-0.25, -0.2) is 0 Å². The Morgan fingerprint density at radius 2 is 1.12 bits per heavy atom. The lowest BCUT2D eigenvalue weighted by molar-refractivity contribution is -0.305. The standard InChI is InChI=1S/C35H38O17/c36-8-7-21(15-37)16-49-35-34(52-31(46)14-20-3-6-24(40)27(43)11-20)33(51-30(45)13-19-2-5-23(39)26(42)10-19)32(47)28(50-35)17-48-29(44)12-18-1-4-22(38)25(41)9-18/h1-7,9-11,28,32-43,47H,8,12-17H2/b21-7+/t28-,32-,33-,34-,35-/m1/s1. The normalized spacial score (nSPS) is 20.2. The third-order valence-electron chi connectivity index (χ3n) is 7.74. The van der Waals surface area contributed by atoms with Gasteiger partial charge in [0.15, 0.2) is 53.0 Å². The summed E-state index contributed by atoms with van der Waals surface area (Å²) in [7, 11) is 0. The number of phenols is 6. The Balaban J connectivity index is 1.60. The molecular formula is C35H38O17. The maximum atomic E-state index is 13.2. The molecule has 52 heavy (non-hydrogen) atoms. The number of hydrogen-bond donors (Lipinski definition) is 9. The molecule has 0 spiro atoms. The molecule has 4 rings (SSSR count). The van der Waals surface area contributed by atoms with Crippen LogP contribution in [0.3, 0.4) is 0 Å². The van der Waals surface area contributed by atoms with E-state index >= 15 is 0 Å². The molecule has 0 aliphatic carbocycles. The summed E-state index contributed by atoms with van der Waals surface area (Å²) in [4.78, 5) is 39.1. The molecule has 0 bridgehead atoms. The lowest BCUT2D eigenvalue weighted by atomic mass is 9.98. The smallest absolute Gasteiger partial charge is 0.310 e. The summed E-state index contributed by atoms with van der Waals surface area (Å²) in [6.07, 6.45) is -8.58. The van der Waals surface area contributed by atoms with E-state index in [1.807, 2.05) is 0 Å². The van der Waals surface area contributed by atoms with Gasteiger partial charge in [0.2, 0.25) is 0 Å². The molecule has 1 saturated heterocycles. The SMILES string of the molecule is O=C(Cc1ccc(O)c(O)c1)OC[C@H]1O[C@@H](OC/C(=C/CO)CO)[C@H](OC(=O)Cc2ccc(O)c(O)c2)[C@H](OC(=O)Cc2ccc(O)c(O)c2)[C@@H]1O. The van der Waals surface area contributed by atoms with Crippen molar-refractivity contribution in [2.45, 2.75) is 50.0 Å². The van der Waals surface area contributed by atoms with Crippen LogP contribution >= 0.6 is 0 Å². The van der Waals surface area contributed by atoms with Crippen molar-refractivity contribution in [3.05, 3.63) is 82.9 Å². The maximum Gasteiger partial charge on any atom is 0.310 e. The first-order valence-corrected chi connectivity index (χ1v) is 15.7. The molecule has 1 heterocycles. The first-order chi connectivity index (χ1) is 24.8. The van der Waals surface area contributed by atoms with E-state index in [-0.39, 0.29) is 28.7 Å². The minimum absolute atomic E-state index is 0.169. The van der Waals surface area contributed by atoms with Gasteiger partial charge >= 0.3 is 17.9 Å².